The van der Waals surface area contributed by atoms with Crippen LogP contribution in [-0.2, 0) is 11.3 Å². The number of benzene rings is 2. The van der Waals surface area contributed by atoms with Crippen LogP contribution < -0.4 is 23.8 Å². The third kappa shape index (κ3) is 6.48. The number of thioether (sulfide) groups is 1. The number of hydrogen-bond donors (Lipinski definition) is 0. The molecule has 7 nitrogen and oxygen atoms in total. The third-order valence-corrected chi connectivity index (χ3v) is 7.20. The summed E-state index contributed by atoms with van der Waals surface area (Å²) < 4.78 is 22.5. The van der Waals surface area contributed by atoms with Crippen molar-refractivity contribution >= 4 is 39.9 Å². The zero-order valence-electron chi connectivity index (χ0n) is 20.2. The number of hydrogen-bond acceptors (Lipinski definition) is 7. The monoisotopic (exact) mass is 504 g/mol. The average molecular weight is 505 g/mol. The Morgan fingerprint density at radius 3 is 2.09 bits per heavy atom. The van der Waals surface area contributed by atoms with Gasteiger partial charge in [-0.25, -0.2) is 0 Å². The second-order valence-corrected chi connectivity index (χ2v) is 9.42. The van der Waals surface area contributed by atoms with Crippen LogP contribution in [0.2, 0.25) is 0 Å². The molecule has 2 aromatic rings. The van der Waals surface area contributed by atoms with Crippen molar-refractivity contribution in [2.75, 3.05) is 52.2 Å². The normalized spacial score (nSPS) is 13.2. The van der Waals surface area contributed by atoms with E-state index in [2.05, 4.69) is 4.90 Å². The van der Waals surface area contributed by atoms with Gasteiger partial charge in [0.05, 0.1) is 46.4 Å². The molecule has 3 rings (SSSR count). The third-order valence-electron chi connectivity index (χ3n) is 5.70. The number of methoxy groups -OCH3 is 4. The highest BCUT2D eigenvalue weighted by atomic mass is 32.2. The van der Waals surface area contributed by atoms with E-state index in [9.17, 15) is 4.79 Å². The van der Waals surface area contributed by atoms with Gasteiger partial charge in [-0.3, -0.25) is 4.79 Å². The van der Waals surface area contributed by atoms with Gasteiger partial charge in [0.2, 0.25) is 11.7 Å². The van der Waals surface area contributed by atoms with Crippen molar-refractivity contribution < 1.29 is 23.7 Å². The summed E-state index contributed by atoms with van der Waals surface area (Å²) in [6, 6.07) is 11.2. The molecule has 1 aliphatic rings. The van der Waals surface area contributed by atoms with Gasteiger partial charge in [-0.1, -0.05) is 36.1 Å². The molecule has 1 aliphatic heterocycles. The number of carbonyl (C=O) groups excluding carboxylic acids is 1. The fraction of sp³-hybridized carbons (Fsp3) is 0.440. The van der Waals surface area contributed by atoms with Crippen molar-refractivity contribution in [2.45, 2.75) is 25.8 Å². The van der Waals surface area contributed by atoms with E-state index in [0.717, 1.165) is 41.6 Å². The number of ether oxygens (including phenoxy) is 4. The molecule has 0 bridgehead atoms. The van der Waals surface area contributed by atoms with Crippen LogP contribution in [0.1, 0.15) is 24.8 Å². The van der Waals surface area contributed by atoms with Gasteiger partial charge in [0.1, 0.15) is 10.1 Å². The summed E-state index contributed by atoms with van der Waals surface area (Å²) in [6.07, 6.45) is 3.52. The predicted octanol–water partition coefficient (Wildman–Crippen LogP) is 4.76. The quantitative estimate of drug-likeness (QED) is 0.453. The molecule has 0 aromatic heterocycles. The SMILES string of the molecule is COc1ccc(CN(C(=O)CSC(=S)N2CCCCC2)c2cc(OC)c(OC)c(OC)c2)cc1. The van der Waals surface area contributed by atoms with E-state index in [-0.39, 0.29) is 11.7 Å². The summed E-state index contributed by atoms with van der Waals surface area (Å²) in [5.74, 6) is 2.39. The Bertz CT molecular complexity index is 953. The number of carbonyl (C=O) groups is 1. The van der Waals surface area contributed by atoms with Gasteiger partial charge in [-0.2, -0.15) is 0 Å². The number of thiocarbonyl (C=S) groups is 1. The predicted molar refractivity (Wildman–Crippen MR) is 141 cm³/mol. The van der Waals surface area contributed by atoms with Crippen molar-refractivity contribution in [3.63, 3.8) is 0 Å². The number of anilines is 1. The minimum atomic E-state index is -0.0607. The number of piperidine rings is 1. The molecule has 0 aliphatic carbocycles. The maximum absolute atomic E-state index is 13.5. The first-order valence-electron chi connectivity index (χ1n) is 11.2. The van der Waals surface area contributed by atoms with Crippen LogP contribution in [0, 0.1) is 0 Å². The van der Waals surface area contributed by atoms with Gasteiger partial charge in [0, 0.05) is 25.2 Å². The van der Waals surface area contributed by atoms with Crippen LogP contribution in [0.25, 0.3) is 0 Å². The summed E-state index contributed by atoms with van der Waals surface area (Å²) in [5, 5.41) is 0. The second-order valence-electron chi connectivity index (χ2n) is 7.81. The van der Waals surface area contributed by atoms with Crippen LogP contribution in [0.4, 0.5) is 5.69 Å². The Kier molecular flexibility index (Phi) is 9.71. The molecule has 1 fully saturated rings. The molecule has 2 aromatic carbocycles. The van der Waals surface area contributed by atoms with Crippen molar-refractivity contribution in [1.29, 1.82) is 0 Å². The Labute approximate surface area is 211 Å². The lowest BCUT2D eigenvalue weighted by molar-refractivity contribution is -0.116. The smallest absolute Gasteiger partial charge is 0.237 e. The largest absolute Gasteiger partial charge is 0.497 e. The summed E-state index contributed by atoms with van der Waals surface area (Å²) in [7, 11) is 6.30. The molecular formula is C25H32N2O5S2. The zero-order valence-corrected chi connectivity index (χ0v) is 21.8. The summed E-state index contributed by atoms with van der Waals surface area (Å²) >= 11 is 7.03. The summed E-state index contributed by atoms with van der Waals surface area (Å²) in [4.78, 5) is 17.4. The van der Waals surface area contributed by atoms with Crippen LogP contribution in [0.5, 0.6) is 23.0 Å². The van der Waals surface area contributed by atoms with Crippen LogP contribution >= 0.6 is 24.0 Å². The first-order chi connectivity index (χ1) is 16.5. The summed E-state index contributed by atoms with van der Waals surface area (Å²) in [5.41, 5.74) is 1.62. The molecule has 1 amide bonds. The number of rotatable bonds is 9. The second kappa shape index (κ2) is 12.7. The van der Waals surface area contributed by atoms with E-state index in [0.29, 0.717) is 29.5 Å². The molecule has 9 heteroatoms. The Morgan fingerprint density at radius 2 is 1.56 bits per heavy atom. The van der Waals surface area contributed by atoms with Gasteiger partial charge in [-0.05, 0) is 37.0 Å². The molecular weight excluding hydrogens is 472 g/mol. The average Bonchev–Trinajstić information content (AvgIpc) is 2.90. The van der Waals surface area contributed by atoms with Crippen molar-refractivity contribution in [2.24, 2.45) is 0 Å². The van der Waals surface area contributed by atoms with E-state index in [1.54, 1.807) is 45.5 Å². The van der Waals surface area contributed by atoms with E-state index in [1.807, 2.05) is 24.3 Å². The lowest BCUT2D eigenvalue weighted by Crippen LogP contribution is -2.35. The molecule has 0 saturated carbocycles. The van der Waals surface area contributed by atoms with Crippen molar-refractivity contribution in [3.05, 3.63) is 42.0 Å². The Balaban J connectivity index is 1.86. The minimum absolute atomic E-state index is 0.0607. The standard InChI is InChI=1S/C25H32N2O5S2/c1-29-20-10-8-18(9-11-20)16-27(19-14-21(30-2)24(32-4)22(15-19)31-3)23(28)17-34-25(33)26-12-6-5-7-13-26/h8-11,14-15H,5-7,12-13,16-17H2,1-4H3. The zero-order chi connectivity index (χ0) is 24.5. The maximum atomic E-state index is 13.5. The van der Waals surface area contributed by atoms with Gasteiger partial charge >= 0.3 is 0 Å². The number of amides is 1. The molecule has 34 heavy (non-hydrogen) atoms. The minimum Gasteiger partial charge on any atom is -0.497 e. The first kappa shape index (κ1) is 26.0. The topological polar surface area (TPSA) is 60.5 Å². The molecule has 1 heterocycles. The Morgan fingerprint density at radius 1 is 0.941 bits per heavy atom. The van der Waals surface area contributed by atoms with E-state index in [1.165, 1.54) is 18.2 Å². The van der Waals surface area contributed by atoms with Gasteiger partial charge in [0.15, 0.2) is 11.5 Å². The Hall–Kier alpha value is -2.65. The highest BCUT2D eigenvalue weighted by Crippen LogP contribution is 2.41. The number of likely N-dealkylation sites (tertiary alicyclic amines) is 1. The molecule has 184 valence electrons. The fourth-order valence-corrected chi connectivity index (χ4v) is 4.96. The van der Waals surface area contributed by atoms with Crippen LogP contribution in [0.15, 0.2) is 36.4 Å². The van der Waals surface area contributed by atoms with E-state index in [4.69, 9.17) is 31.2 Å². The number of nitrogens with zero attached hydrogens (tertiary/aromatic N) is 2. The van der Waals surface area contributed by atoms with Gasteiger partial charge in [0.25, 0.3) is 0 Å². The van der Waals surface area contributed by atoms with E-state index >= 15 is 0 Å². The summed E-state index contributed by atoms with van der Waals surface area (Å²) in [6.45, 7) is 2.30. The molecule has 0 radical (unpaired) electrons. The maximum Gasteiger partial charge on any atom is 0.237 e. The van der Waals surface area contributed by atoms with Gasteiger partial charge < -0.3 is 28.7 Å². The lowest BCUT2D eigenvalue weighted by atomic mass is 10.1. The fourth-order valence-electron chi connectivity index (χ4n) is 3.83. The van der Waals surface area contributed by atoms with E-state index < -0.39 is 0 Å². The van der Waals surface area contributed by atoms with Gasteiger partial charge in [-0.15, -0.1) is 0 Å². The highest BCUT2D eigenvalue weighted by Gasteiger charge is 2.23. The lowest BCUT2D eigenvalue weighted by Gasteiger charge is -2.29. The van der Waals surface area contributed by atoms with Crippen molar-refractivity contribution in [3.8, 4) is 23.0 Å². The van der Waals surface area contributed by atoms with Crippen LogP contribution in [0.3, 0.4) is 0 Å². The highest BCUT2D eigenvalue weighted by molar-refractivity contribution is 8.23. The molecule has 0 spiro atoms. The van der Waals surface area contributed by atoms with Crippen molar-refractivity contribution in [1.82, 2.24) is 4.90 Å². The first-order valence-corrected chi connectivity index (χ1v) is 12.5. The molecule has 0 atom stereocenters. The molecule has 0 unspecified atom stereocenters. The van der Waals surface area contributed by atoms with Crippen LogP contribution in [-0.4, -0.2) is 62.4 Å². The molecule has 1 saturated heterocycles. The molecule has 0 N–H and O–H groups in total.